The van der Waals surface area contributed by atoms with Gasteiger partial charge in [0.05, 0.1) is 12.2 Å². The molecular formula is C16H26N4O2. The number of carbonyl (C=O) groups is 1. The first-order chi connectivity index (χ1) is 10.5. The number of amides is 1. The maximum Gasteiger partial charge on any atom is 0.250 e. The molecule has 2 rings (SSSR count). The van der Waals surface area contributed by atoms with Gasteiger partial charge >= 0.3 is 0 Å². The van der Waals surface area contributed by atoms with Crippen LogP contribution in [0.5, 0.6) is 0 Å². The minimum atomic E-state index is -0.419. The largest absolute Gasteiger partial charge is 0.383 e. The Morgan fingerprint density at radius 2 is 2.05 bits per heavy atom. The van der Waals surface area contributed by atoms with Crippen molar-refractivity contribution in [3.63, 3.8) is 0 Å². The standard InChI is InChI=1S/C16H26N4O2/c1-12(11-22-3)18-15-10-13(4-5-14(15)16(17)21)20-8-6-19(2)7-9-20/h4-5,10,12,18H,6-9,11H2,1-3H3,(H2,17,21)/t12-/m1/s1. The molecule has 0 radical (unpaired) electrons. The third-order valence-electron chi connectivity index (χ3n) is 3.96. The van der Waals surface area contributed by atoms with Crippen molar-refractivity contribution in [2.75, 3.05) is 57.2 Å². The minimum Gasteiger partial charge on any atom is -0.383 e. The lowest BCUT2D eigenvalue weighted by Crippen LogP contribution is -2.44. The third-order valence-corrected chi connectivity index (χ3v) is 3.96. The van der Waals surface area contributed by atoms with Crippen molar-refractivity contribution in [3.8, 4) is 0 Å². The van der Waals surface area contributed by atoms with Crippen LogP contribution in [0.25, 0.3) is 0 Å². The zero-order chi connectivity index (χ0) is 16.1. The molecule has 0 bridgehead atoms. The third kappa shape index (κ3) is 4.11. The highest BCUT2D eigenvalue weighted by Gasteiger charge is 2.17. The van der Waals surface area contributed by atoms with Crippen molar-refractivity contribution in [3.05, 3.63) is 23.8 Å². The number of methoxy groups -OCH3 is 1. The van der Waals surface area contributed by atoms with Crippen LogP contribution in [0.15, 0.2) is 18.2 Å². The number of anilines is 2. The molecule has 0 aromatic heterocycles. The first kappa shape index (κ1) is 16.6. The van der Waals surface area contributed by atoms with E-state index < -0.39 is 5.91 Å². The molecule has 0 saturated carbocycles. The molecule has 1 atom stereocenters. The summed E-state index contributed by atoms with van der Waals surface area (Å²) < 4.78 is 5.14. The highest BCUT2D eigenvalue weighted by Crippen LogP contribution is 2.25. The van der Waals surface area contributed by atoms with E-state index in [2.05, 4.69) is 22.2 Å². The molecule has 122 valence electrons. The quantitative estimate of drug-likeness (QED) is 0.820. The number of likely N-dealkylation sites (N-methyl/N-ethyl adjacent to an activating group) is 1. The fraction of sp³-hybridized carbons (Fsp3) is 0.562. The molecule has 0 spiro atoms. The van der Waals surface area contributed by atoms with Crippen LogP contribution in [0.1, 0.15) is 17.3 Å². The smallest absolute Gasteiger partial charge is 0.250 e. The first-order valence-electron chi connectivity index (χ1n) is 7.64. The molecule has 1 aromatic carbocycles. The van der Waals surface area contributed by atoms with Gasteiger partial charge in [-0.1, -0.05) is 0 Å². The second-order valence-corrected chi connectivity index (χ2v) is 5.89. The Balaban J connectivity index is 2.20. The molecule has 1 fully saturated rings. The summed E-state index contributed by atoms with van der Waals surface area (Å²) in [5, 5.41) is 3.32. The van der Waals surface area contributed by atoms with E-state index in [0.29, 0.717) is 12.2 Å². The van der Waals surface area contributed by atoms with Gasteiger partial charge in [0.2, 0.25) is 0 Å². The summed E-state index contributed by atoms with van der Waals surface area (Å²) >= 11 is 0. The van der Waals surface area contributed by atoms with Gasteiger partial charge in [-0.25, -0.2) is 0 Å². The molecule has 6 nitrogen and oxygen atoms in total. The van der Waals surface area contributed by atoms with Crippen LogP contribution in [-0.4, -0.2) is 63.8 Å². The average molecular weight is 306 g/mol. The minimum absolute atomic E-state index is 0.103. The van der Waals surface area contributed by atoms with E-state index in [-0.39, 0.29) is 6.04 Å². The highest BCUT2D eigenvalue weighted by molar-refractivity contribution is 5.99. The number of piperazine rings is 1. The molecule has 1 heterocycles. The van der Waals surface area contributed by atoms with E-state index in [1.165, 1.54) is 0 Å². The van der Waals surface area contributed by atoms with Crippen molar-refractivity contribution in [2.24, 2.45) is 5.73 Å². The number of nitrogens with zero attached hydrogens (tertiary/aromatic N) is 2. The highest BCUT2D eigenvalue weighted by atomic mass is 16.5. The summed E-state index contributed by atoms with van der Waals surface area (Å²) in [4.78, 5) is 16.3. The molecule has 0 unspecified atom stereocenters. The molecule has 1 aromatic rings. The van der Waals surface area contributed by atoms with Gasteiger partial charge < -0.3 is 25.6 Å². The van der Waals surface area contributed by atoms with Crippen LogP contribution in [0.3, 0.4) is 0 Å². The SMILES string of the molecule is COC[C@@H](C)Nc1cc(N2CCN(C)CC2)ccc1C(N)=O. The number of primary amides is 1. The molecule has 0 aliphatic carbocycles. The summed E-state index contributed by atoms with van der Waals surface area (Å²) in [6.45, 7) is 6.63. The zero-order valence-electron chi connectivity index (χ0n) is 13.6. The van der Waals surface area contributed by atoms with Crippen LogP contribution >= 0.6 is 0 Å². The Hall–Kier alpha value is -1.79. The summed E-state index contributed by atoms with van der Waals surface area (Å²) in [5.74, 6) is -0.419. The molecule has 22 heavy (non-hydrogen) atoms. The fourth-order valence-electron chi connectivity index (χ4n) is 2.68. The summed E-state index contributed by atoms with van der Waals surface area (Å²) in [7, 11) is 3.79. The van der Waals surface area contributed by atoms with Crippen molar-refractivity contribution in [1.82, 2.24) is 4.90 Å². The Morgan fingerprint density at radius 3 is 2.64 bits per heavy atom. The van der Waals surface area contributed by atoms with Crippen LogP contribution in [0, 0.1) is 0 Å². The lowest BCUT2D eigenvalue weighted by Gasteiger charge is -2.34. The molecule has 6 heteroatoms. The van der Waals surface area contributed by atoms with Crippen molar-refractivity contribution in [2.45, 2.75) is 13.0 Å². The molecule has 1 aliphatic heterocycles. The Morgan fingerprint density at radius 1 is 1.36 bits per heavy atom. The zero-order valence-corrected chi connectivity index (χ0v) is 13.6. The van der Waals surface area contributed by atoms with Gasteiger partial charge in [0.15, 0.2) is 0 Å². The number of ether oxygens (including phenoxy) is 1. The summed E-state index contributed by atoms with van der Waals surface area (Å²) in [5.41, 5.74) is 7.88. The van der Waals surface area contributed by atoms with Crippen molar-refractivity contribution in [1.29, 1.82) is 0 Å². The first-order valence-corrected chi connectivity index (χ1v) is 7.64. The van der Waals surface area contributed by atoms with E-state index in [9.17, 15) is 4.79 Å². The summed E-state index contributed by atoms with van der Waals surface area (Å²) in [6, 6.07) is 5.89. The van der Waals surface area contributed by atoms with Crippen LogP contribution in [0.2, 0.25) is 0 Å². The summed E-state index contributed by atoms with van der Waals surface area (Å²) in [6.07, 6.45) is 0. The molecular weight excluding hydrogens is 280 g/mol. The number of nitrogens with two attached hydrogens (primary N) is 1. The number of carbonyl (C=O) groups excluding carboxylic acids is 1. The van der Waals surface area contributed by atoms with Gasteiger partial charge in [0.1, 0.15) is 0 Å². The predicted molar refractivity (Wildman–Crippen MR) is 89.6 cm³/mol. The maximum atomic E-state index is 11.6. The number of hydrogen-bond donors (Lipinski definition) is 2. The van der Waals surface area contributed by atoms with E-state index in [4.69, 9.17) is 10.5 Å². The second kappa shape index (κ2) is 7.47. The number of rotatable bonds is 6. The Kier molecular flexibility index (Phi) is 5.63. The van der Waals surface area contributed by atoms with Crippen molar-refractivity contribution >= 4 is 17.3 Å². The maximum absolute atomic E-state index is 11.6. The van der Waals surface area contributed by atoms with Crippen LogP contribution < -0.4 is 16.0 Å². The Bertz CT molecular complexity index is 513. The van der Waals surface area contributed by atoms with Gasteiger partial charge in [-0.2, -0.15) is 0 Å². The predicted octanol–water partition coefficient (Wildman–Crippen LogP) is 0.984. The monoisotopic (exact) mass is 306 g/mol. The van der Waals surface area contributed by atoms with Gasteiger partial charge in [-0.05, 0) is 32.2 Å². The Labute approximate surface area is 132 Å². The van der Waals surface area contributed by atoms with E-state index in [1.54, 1.807) is 13.2 Å². The van der Waals surface area contributed by atoms with Gasteiger partial charge in [0, 0.05) is 50.7 Å². The van der Waals surface area contributed by atoms with Gasteiger partial charge in [-0.15, -0.1) is 0 Å². The normalized spacial score (nSPS) is 17.3. The van der Waals surface area contributed by atoms with Crippen LogP contribution in [-0.2, 0) is 4.74 Å². The van der Waals surface area contributed by atoms with E-state index >= 15 is 0 Å². The molecule has 1 amide bonds. The lowest BCUT2D eigenvalue weighted by atomic mass is 10.1. The molecule has 1 aliphatic rings. The van der Waals surface area contributed by atoms with E-state index in [1.807, 2.05) is 19.1 Å². The number of benzene rings is 1. The van der Waals surface area contributed by atoms with E-state index in [0.717, 1.165) is 37.6 Å². The topological polar surface area (TPSA) is 70.8 Å². The van der Waals surface area contributed by atoms with Crippen molar-refractivity contribution < 1.29 is 9.53 Å². The average Bonchev–Trinajstić information content (AvgIpc) is 2.48. The number of hydrogen-bond acceptors (Lipinski definition) is 5. The second-order valence-electron chi connectivity index (χ2n) is 5.89. The van der Waals surface area contributed by atoms with Gasteiger partial charge in [-0.3, -0.25) is 4.79 Å². The lowest BCUT2D eigenvalue weighted by molar-refractivity contribution is 0.100. The van der Waals surface area contributed by atoms with Crippen LogP contribution in [0.4, 0.5) is 11.4 Å². The number of nitrogens with one attached hydrogen (secondary N) is 1. The molecule has 3 N–H and O–H groups in total. The van der Waals surface area contributed by atoms with Gasteiger partial charge in [0.25, 0.3) is 5.91 Å². The molecule has 1 saturated heterocycles. The fourth-order valence-corrected chi connectivity index (χ4v) is 2.68.